The summed E-state index contributed by atoms with van der Waals surface area (Å²) in [4.78, 5) is 0. The third-order valence-corrected chi connectivity index (χ3v) is 2.36. The van der Waals surface area contributed by atoms with Crippen LogP contribution < -0.4 is 5.73 Å². The highest BCUT2D eigenvalue weighted by Crippen LogP contribution is 2.26. The Labute approximate surface area is 99.4 Å². The Kier molecular flexibility index (Phi) is 6.49. The molecule has 80 valence electrons. The van der Waals surface area contributed by atoms with Crippen molar-refractivity contribution in [3.05, 3.63) is 33.8 Å². The number of hydrogen-bond donors (Lipinski definition) is 2. The monoisotopic (exact) mass is 255 g/mol. The smallest absolute Gasteiger partial charge is 0.0468 e. The number of hydrogen-bond acceptors (Lipinski definition) is 2. The molecule has 1 aromatic carbocycles. The molecule has 0 bridgehead atoms. The quantitative estimate of drug-likeness (QED) is 0.873. The second-order valence-electron chi connectivity index (χ2n) is 2.78. The highest BCUT2D eigenvalue weighted by molar-refractivity contribution is 6.35. The number of nitrogens with two attached hydrogens (primary N) is 1. The van der Waals surface area contributed by atoms with Gasteiger partial charge in [-0.1, -0.05) is 29.3 Å². The lowest BCUT2D eigenvalue weighted by Gasteiger charge is -2.11. The summed E-state index contributed by atoms with van der Waals surface area (Å²) in [6, 6.07) is 4.94. The van der Waals surface area contributed by atoms with Gasteiger partial charge in [0.25, 0.3) is 0 Å². The van der Waals surface area contributed by atoms with Gasteiger partial charge >= 0.3 is 0 Å². The highest BCUT2D eigenvalue weighted by atomic mass is 35.5. The fourth-order valence-corrected chi connectivity index (χ4v) is 1.65. The Bertz CT molecular complexity index is 293. The molecule has 1 atom stereocenters. The highest BCUT2D eigenvalue weighted by Gasteiger charge is 2.09. The van der Waals surface area contributed by atoms with Gasteiger partial charge in [0.1, 0.15) is 0 Å². The molecule has 1 aromatic rings. The van der Waals surface area contributed by atoms with Crippen molar-refractivity contribution >= 4 is 35.6 Å². The van der Waals surface area contributed by atoms with Crippen molar-refractivity contribution in [1.29, 1.82) is 0 Å². The number of aliphatic hydroxyl groups excluding tert-OH is 1. The minimum absolute atomic E-state index is 0. The maximum Gasteiger partial charge on any atom is 0.0468 e. The first kappa shape index (κ1) is 14.0. The summed E-state index contributed by atoms with van der Waals surface area (Å²) in [6.07, 6.45) is 0.501. The van der Waals surface area contributed by atoms with Gasteiger partial charge in [-0.05, 0) is 24.1 Å². The van der Waals surface area contributed by atoms with E-state index in [1.165, 1.54) is 0 Å². The number of halogens is 3. The van der Waals surface area contributed by atoms with E-state index in [0.717, 1.165) is 5.56 Å². The van der Waals surface area contributed by atoms with Crippen LogP contribution in [0.1, 0.15) is 18.0 Å². The predicted octanol–water partition coefficient (Wildman–Crippen LogP) is 2.80. The summed E-state index contributed by atoms with van der Waals surface area (Å²) in [6.45, 7) is 0.0557. The largest absolute Gasteiger partial charge is 0.396 e. The van der Waals surface area contributed by atoms with E-state index in [1.54, 1.807) is 18.2 Å². The van der Waals surface area contributed by atoms with Gasteiger partial charge in [-0.3, -0.25) is 0 Å². The van der Waals surface area contributed by atoms with Gasteiger partial charge in [0, 0.05) is 22.7 Å². The Morgan fingerprint density at radius 3 is 2.50 bits per heavy atom. The van der Waals surface area contributed by atoms with Crippen molar-refractivity contribution in [2.24, 2.45) is 5.73 Å². The van der Waals surface area contributed by atoms with Gasteiger partial charge in [-0.15, -0.1) is 12.4 Å². The maximum absolute atomic E-state index is 8.69. The molecule has 0 radical (unpaired) electrons. The number of aliphatic hydroxyl groups is 1. The zero-order valence-corrected chi connectivity index (χ0v) is 9.74. The third kappa shape index (κ3) is 3.64. The van der Waals surface area contributed by atoms with Crippen LogP contribution in [0.5, 0.6) is 0 Å². The van der Waals surface area contributed by atoms with Crippen LogP contribution in [0.4, 0.5) is 0 Å². The van der Waals surface area contributed by atoms with E-state index in [0.29, 0.717) is 16.5 Å². The first-order valence-corrected chi connectivity index (χ1v) is 4.72. The van der Waals surface area contributed by atoms with E-state index >= 15 is 0 Å². The molecule has 0 amide bonds. The second-order valence-corrected chi connectivity index (χ2v) is 3.63. The van der Waals surface area contributed by atoms with Gasteiger partial charge in [0.05, 0.1) is 0 Å². The molecule has 0 saturated heterocycles. The Morgan fingerprint density at radius 2 is 2.00 bits per heavy atom. The van der Waals surface area contributed by atoms with Crippen LogP contribution in [0, 0.1) is 0 Å². The van der Waals surface area contributed by atoms with Gasteiger partial charge in [-0.2, -0.15) is 0 Å². The molecule has 0 fully saturated rings. The standard InChI is InChI=1S/C9H11Cl2NO.ClH/c10-6-1-2-7(8(11)5-6)9(12)3-4-13;/h1-2,5,9,13H,3-4,12H2;1H/t9-;/m1./s1. The van der Waals surface area contributed by atoms with Crippen LogP contribution in [0.25, 0.3) is 0 Å². The SMILES string of the molecule is Cl.N[C@H](CCO)c1ccc(Cl)cc1Cl. The zero-order valence-electron chi connectivity index (χ0n) is 7.41. The molecule has 1 rings (SSSR count). The Morgan fingerprint density at radius 1 is 1.36 bits per heavy atom. The average molecular weight is 257 g/mol. The molecule has 0 aliphatic rings. The minimum atomic E-state index is -0.227. The summed E-state index contributed by atoms with van der Waals surface area (Å²) in [5.41, 5.74) is 6.59. The first-order chi connectivity index (χ1) is 6.15. The van der Waals surface area contributed by atoms with Crippen molar-refractivity contribution in [2.75, 3.05) is 6.61 Å². The van der Waals surface area contributed by atoms with Crippen molar-refractivity contribution in [3.8, 4) is 0 Å². The van der Waals surface area contributed by atoms with Crippen molar-refractivity contribution in [3.63, 3.8) is 0 Å². The van der Waals surface area contributed by atoms with Crippen LogP contribution in [0.15, 0.2) is 18.2 Å². The molecule has 0 aromatic heterocycles. The van der Waals surface area contributed by atoms with E-state index in [1.807, 2.05) is 0 Å². The molecular formula is C9H12Cl3NO. The molecule has 0 unspecified atom stereocenters. The Balaban J connectivity index is 0.00000169. The normalized spacial score (nSPS) is 12.0. The van der Waals surface area contributed by atoms with Crippen molar-refractivity contribution in [1.82, 2.24) is 0 Å². The summed E-state index contributed by atoms with van der Waals surface area (Å²) in [7, 11) is 0. The number of rotatable bonds is 3. The van der Waals surface area contributed by atoms with E-state index in [2.05, 4.69) is 0 Å². The number of benzene rings is 1. The average Bonchev–Trinajstić information content (AvgIpc) is 2.04. The van der Waals surface area contributed by atoms with E-state index in [-0.39, 0.29) is 25.1 Å². The van der Waals surface area contributed by atoms with Crippen LogP contribution in [-0.2, 0) is 0 Å². The fraction of sp³-hybridized carbons (Fsp3) is 0.333. The predicted molar refractivity (Wildman–Crippen MR) is 62.3 cm³/mol. The van der Waals surface area contributed by atoms with E-state index in [4.69, 9.17) is 34.0 Å². The zero-order chi connectivity index (χ0) is 9.84. The van der Waals surface area contributed by atoms with Crippen LogP contribution in [-0.4, -0.2) is 11.7 Å². The Hall–Kier alpha value is 0.01000. The van der Waals surface area contributed by atoms with Gasteiger partial charge < -0.3 is 10.8 Å². The van der Waals surface area contributed by atoms with E-state index < -0.39 is 0 Å². The van der Waals surface area contributed by atoms with Gasteiger partial charge in [0.15, 0.2) is 0 Å². The molecule has 0 saturated carbocycles. The fourth-order valence-electron chi connectivity index (χ4n) is 1.10. The lowest BCUT2D eigenvalue weighted by molar-refractivity contribution is 0.276. The lowest BCUT2D eigenvalue weighted by atomic mass is 10.1. The third-order valence-electron chi connectivity index (χ3n) is 1.80. The molecule has 5 heteroatoms. The first-order valence-electron chi connectivity index (χ1n) is 3.96. The molecular weight excluding hydrogens is 244 g/mol. The van der Waals surface area contributed by atoms with Crippen molar-refractivity contribution in [2.45, 2.75) is 12.5 Å². The summed E-state index contributed by atoms with van der Waals surface area (Å²) < 4.78 is 0. The molecule has 0 spiro atoms. The topological polar surface area (TPSA) is 46.2 Å². The van der Waals surface area contributed by atoms with E-state index in [9.17, 15) is 0 Å². The molecule has 14 heavy (non-hydrogen) atoms. The molecule has 2 nitrogen and oxygen atoms in total. The van der Waals surface area contributed by atoms with Crippen molar-refractivity contribution < 1.29 is 5.11 Å². The second kappa shape index (κ2) is 6.49. The summed E-state index contributed by atoms with van der Waals surface area (Å²) in [5, 5.41) is 9.83. The molecule has 0 aliphatic heterocycles. The van der Waals surface area contributed by atoms with Gasteiger partial charge in [0.2, 0.25) is 0 Å². The minimum Gasteiger partial charge on any atom is -0.396 e. The van der Waals surface area contributed by atoms with Crippen LogP contribution >= 0.6 is 35.6 Å². The summed E-state index contributed by atoms with van der Waals surface area (Å²) in [5.74, 6) is 0. The molecule has 0 aliphatic carbocycles. The van der Waals surface area contributed by atoms with Gasteiger partial charge in [-0.25, -0.2) is 0 Å². The summed E-state index contributed by atoms with van der Waals surface area (Å²) >= 11 is 11.6. The van der Waals surface area contributed by atoms with Crippen LogP contribution in [0.2, 0.25) is 10.0 Å². The molecule has 3 N–H and O–H groups in total. The maximum atomic E-state index is 8.69. The van der Waals surface area contributed by atoms with Crippen LogP contribution in [0.3, 0.4) is 0 Å². The lowest BCUT2D eigenvalue weighted by Crippen LogP contribution is -2.12. The molecule has 0 heterocycles.